The SMILES string of the molecule is CCOc1ccc(C2CCC(OCc3ccc(-c4ccc(CO)cc4)c(F)c3F)CC2)cc1F. The third-order valence-corrected chi connectivity index (χ3v) is 6.49. The molecule has 3 nitrogen and oxygen atoms in total. The van der Waals surface area contributed by atoms with Crippen molar-refractivity contribution in [3.05, 3.63) is 88.7 Å². The molecule has 0 amide bonds. The molecule has 1 aliphatic rings. The van der Waals surface area contributed by atoms with Gasteiger partial charge in [-0.15, -0.1) is 0 Å². The highest BCUT2D eigenvalue weighted by atomic mass is 19.2. The van der Waals surface area contributed by atoms with Gasteiger partial charge in [-0.05, 0) is 67.3 Å². The van der Waals surface area contributed by atoms with Gasteiger partial charge in [0.2, 0.25) is 0 Å². The molecule has 1 N–H and O–H groups in total. The second-order valence-electron chi connectivity index (χ2n) is 8.66. The molecule has 0 spiro atoms. The van der Waals surface area contributed by atoms with E-state index in [0.717, 1.165) is 31.2 Å². The summed E-state index contributed by atoms with van der Waals surface area (Å²) in [7, 11) is 0. The quantitative estimate of drug-likeness (QED) is 0.389. The molecule has 0 bridgehead atoms. The molecular formula is C28H29F3O3. The van der Waals surface area contributed by atoms with E-state index in [2.05, 4.69) is 0 Å². The lowest BCUT2D eigenvalue weighted by Gasteiger charge is -2.29. The van der Waals surface area contributed by atoms with Crippen molar-refractivity contribution in [2.24, 2.45) is 0 Å². The fraction of sp³-hybridized carbons (Fsp3) is 0.357. The number of rotatable bonds is 8. The Bertz CT molecular complexity index is 1110. The molecule has 0 unspecified atom stereocenters. The molecule has 1 aliphatic carbocycles. The predicted octanol–water partition coefficient (Wildman–Crippen LogP) is 6.90. The van der Waals surface area contributed by atoms with Gasteiger partial charge in [0.25, 0.3) is 0 Å². The standard InChI is InChI=1S/C28H29F3O3/c1-2-33-26-14-10-21(15-25(26)29)19-7-11-23(12-8-19)34-17-22-9-13-24(28(31)27(22)30)20-5-3-18(16-32)4-6-20/h3-6,9-10,13-15,19,23,32H,2,7-8,11-12,16-17H2,1H3. The highest BCUT2D eigenvalue weighted by Gasteiger charge is 2.24. The topological polar surface area (TPSA) is 38.7 Å². The van der Waals surface area contributed by atoms with Crippen LogP contribution in [0.25, 0.3) is 11.1 Å². The molecule has 34 heavy (non-hydrogen) atoms. The van der Waals surface area contributed by atoms with E-state index in [9.17, 15) is 13.2 Å². The largest absolute Gasteiger partial charge is 0.491 e. The molecule has 0 heterocycles. The van der Waals surface area contributed by atoms with Gasteiger partial charge in [-0.1, -0.05) is 42.5 Å². The molecule has 3 aromatic rings. The van der Waals surface area contributed by atoms with E-state index in [-0.39, 0.29) is 47.9 Å². The van der Waals surface area contributed by atoms with Crippen molar-refractivity contribution in [2.45, 2.75) is 57.8 Å². The molecule has 0 aromatic heterocycles. The minimum Gasteiger partial charge on any atom is -0.491 e. The molecule has 1 fully saturated rings. The minimum absolute atomic E-state index is 0.000497. The Morgan fingerprint density at radius 2 is 1.62 bits per heavy atom. The summed E-state index contributed by atoms with van der Waals surface area (Å²) in [4.78, 5) is 0. The van der Waals surface area contributed by atoms with Crippen LogP contribution in [0.3, 0.4) is 0 Å². The summed E-state index contributed by atoms with van der Waals surface area (Å²) in [6.07, 6.45) is 3.20. The van der Waals surface area contributed by atoms with Crippen LogP contribution in [0, 0.1) is 17.5 Å². The number of aliphatic hydroxyl groups is 1. The van der Waals surface area contributed by atoms with Crippen LogP contribution in [0.5, 0.6) is 5.75 Å². The first-order chi connectivity index (χ1) is 16.5. The second-order valence-corrected chi connectivity index (χ2v) is 8.66. The van der Waals surface area contributed by atoms with Crippen molar-refractivity contribution >= 4 is 0 Å². The summed E-state index contributed by atoms with van der Waals surface area (Å²) in [5.41, 5.74) is 2.56. The highest BCUT2D eigenvalue weighted by molar-refractivity contribution is 5.65. The maximum absolute atomic E-state index is 14.7. The van der Waals surface area contributed by atoms with E-state index in [0.29, 0.717) is 17.7 Å². The minimum atomic E-state index is -0.904. The van der Waals surface area contributed by atoms with Gasteiger partial charge in [0.1, 0.15) is 0 Å². The number of hydrogen-bond donors (Lipinski definition) is 1. The van der Waals surface area contributed by atoms with Crippen LogP contribution in [-0.4, -0.2) is 17.8 Å². The lowest BCUT2D eigenvalue weighted by atomic mass is 9.82. The van der Waals surface area contributed by atoms with E-state index in [1.807, 2.05) is 13.0 Å². The fourth-order valence-electron chi connectivity index (χ4n) is 4.53. The van der Waals surface area contributed by atoms with Gasteiger partial charge < -0.3 is 14.6 Å². The van der Waals surface area contributed by atoms with E-state index < -0.39 is 11.6 Å². The van der Waals surface area contributed by atoms with Crippen molar-refractivity contribution in [1.29, 1.82) is 0 Å². The van der Waals surface area contributed by atoms with Gasteiger partial charge in [0.05, 0.1) is 25.9 Å². The van der Waals surface area contributed by atoms with Crippen LogP contribution in [0.15, 0.2) is 54.6 Å². The maximum Gasteiger partial charge on any atom is 0.167 e. The van der Waals surface area contributed by atoms with Crippen molar-refractivity contribution in [2.75, 3.05) is 6.61 Å². The van der Waals surface area contributed by atoms with Crippen LogP contribution in [0.1, 0.15) is 55.2 Å². The average Bonchev–Trinajstić information content (AvgIpc) is 2.87. The zero-order chi connectivity index (χ0) is 24.1. The number of halogens is 3. The van der Waals surface area contributed by atoms with E-state index >= 15 is 0 Å². The lowest BCUT2D eigenvalue weighted by molar-refractivity contribution is 0.0119. The first-order valence-corrected chi connectivity index (χ1v) is 11.7. The van der Waals surface area contributed by atoms with Gasteiger partial charge in [-0.25, -0.2) is 13.2 Å². The van der Waals surface area contributed by atoms with Gasteiger partial charge in [0, 0.05) is 11.1 Å². The Morgan fingerprint density at radius 3 is 2.26 bits per heavy atom. The normalized spacial score (nSPS) is 18.1. The molecule has 0 radical (unpaired) electrons. The molecule has 1 saturated carbocycles. The Morgan fingerprint density at radius 1 is 0.882 bits per heavy atom. The molecule has 4 rings (SSSR count). The summed E-state index contributed by atoms with van der Waals surface area (Å²) in [5.74, 6) is -1.63. The molecule has 3 aromatic carbocycles. The van der Waals surface area contributed by atoms with E-state index in [1.54, 1.807) is 48.5 Å². The fourth-order valence-corrected chi connectivity index (χ4v) is 4.53. The van der Waals surface area contributed by atoms with Gasteiger partial charge in [-0.2, -0.15) is 0 Å². The van der Waals surface area contributed by atoms with Crippen LogP contribution >= 0.6 is 0 Å². The smallest absolute Gasteiger partial charge is 0.167 e. The van der Waals surface area contributed by atoms with Gasteiger partial charge >= 0.3 is 0 Å². The Hall–Kier alpha value is -2.83. The molecular weight excluding hydrogens is 441 g/mol. The first kappa shape index (κ1) is 24.3. The number of ether oxygens (including phenoxy) is 2. The first-order valence-electron chi connectivity index (χ1n) is 11.7. The summed E-state index contributed by atoms with van der Waals surface area (Å²) in [5, 5.41) is 9.14. The second kappa shape index (κ2) is 11.1. The van der Waals surface area contributed by atoms with Gasteiger partial charge in [-0.3, -0.25) is 0 Å². The Labute approximate surface area is 198 Å². The van der Waals surface area contributed by atoms with Gasteiger partial charge in [0.15, 0.2) is 23.2 Å². The molecule has 180 valence electrons. The lowest BCUT2D eigenvalue weighted by Crippen LogP contribution is -2.21. The van der Waals surface area contributed by atoms with Crippen molar-refractivity contribution < 1.29 is 27.8 Å². The molecule has 0 saturated heterocycles. The number of hydrogen-bond acceptors (Lipinski definition) is 3. The number of benzene rings is 3. The van der Waals surface area contributed by atoms with E-state index in [4.69, 9.17) is 14.6 Å². The average molecular weight is 471 g/mol. The highest BCUT2D eigenvalue weighted by Crippen LogP contribution is 2.36. The summed E-state index contributed by atoms with van der Waals surface area (Å²) in [6, 6.07) is 14.9. The van der Waals surface area contributed by atoms with Crippen LogP contribution in [-0.2, 0) is 18.0 Å². The Kier molecular flexibility index (Phi) is 7.91. The zero-order valence-corrected chi connectivity index (χ0v) is 19.2. The molecule has 0 atom stereocenters. The Balaban J connectivity index is 1.34. The van der Waals surface area contributed by atoms with Crippen LogP contribution < -0.4 is 4.74 Å². The van der Waals surface area contributed by atoms with Crippen molar-refractivity contribution in [3.63, 3.8) is 0 Å². The number of aliphatic hydroxyl groups excluding tert-OH is 1. The predicted molar refractivity (Wildman–Crippen MR) is 125 cm³/mol. The zero-order valence-electron chi connectivity index (χ0n) is 19.2. The van der Waals surface area contributed by atoms with E-state index in [1.165, 1.54) is 0 Å². The summed E-state index contributed by atoms with van der Waals surface area (Å²) >= 11 is 0. The summed E-state index contributed by atoms with van der Waals surface area (Å²) < 4.78 is 54.8. The monoisotopic (exact) mass is 470 g/mol. The van der Waals surface area contributed by atoms with Crippen LogP contribution in [0.4, 0.5) is 13.2 Å². The summed E-state index contributed by atoms with van der Waals surface area (Å²) in [6.45, 7) is 2.14. The van der Waals surface area contributed by atoms with Crippen molar-refractivity contribution in [3.8, 4) is 16.9 Å². The van der Waals surface area contributed by atoms with Crippen molar-refractivity contribution in [1.82, 2.24) is 0 Å². The third-order valence-electron chi connectivity index (χ3n) is 6.49. The van der Waals surface area contributed by atoms with Crippen LogP contribution in [0.2, 0.25) is 0 Å². The molecule has 0 aliphatic heterocycles. The maximum atomic E-state index is 14.7. The third kappa shape index (κ3) is 5.45. The molecule has 6 heteroatoms.